The number of nitrogens with one attached hydrogen (secondary N) is 2. The maximum Gasteiger partial charge on any atom is 0.411 e. The van der Waals surface area contributed by atoms with Gasteiger partial charge in [-0.25, -0.2) is 9.59 Å². The van der Waals surface area contributed by atoms with E-state index in [4.69, 9.17) is 9.84 Å². The predicted octanol–water partition coefficient (Wildman–Crippen LogP) is 3.83. The zero-order valence-electron chi connectivity index (χ0n) is 17.8. The van der Waals surface area contributed by atoms with E-state index in [1.54, 1.807) is 12.1 Å². The molecule has 0 saturated heterocycles. The summed E-state index contributed by atoms with van der Waals surface area (Å²) < 4.78 is 6.14. The highest BCUT2D eigenvalue weighted by molar-refractivity contribution is 14.1. The van der Waals surface area contributed by atoms with Gasteiger partial charge in [-0.2, -0.15) is 0 Å². The predicted molar refractivity (Wildman–Crippen MR) is 134 cm³/mol. The lowest BCUT2D eigenvalue weighted by molar-refractivity contribution is -0.146. The second-order valence-electron chi connectivity index (χ2n) is 7.71. The molecule has 1 aliphatic rings. The van der Waals surface area contributed by atoms with E-state index in [0.29, 0.717) is 9.26 Å². The molecule has 3 aromatic rings. The van der Waals surface area contributed by atoms with Crippen LogP contribution >= 0.6 is 22.6 Å². The number of ether oxygens (including phenoxy) is 1. The van der Waals surface area contributed by atoms with Gasteiger partial charge < -0.3 is 20.3 Å². The van der Waals surface area contributed by atoms with Crippen LogP contribution < -0.4 is 10.6 Å². The fourth-order valence-electron chi connectivity index (χ4n) is 3.88. The minimum Gasteiger partial charge on any atom is -0.479 e. The number of fused-ring (bicyclic) bond motifs is 3. The maximum absolute atomic E-state index is 12.5. The molecule has 1 aliphatic carbocycles. The molecule has 0 saturated carbocycles. The smallest absolute Gasteiger partial charge is 0.411 e. The lowest BCUT2D eigenvalue weighted by atomic mass is 9.98. The number of hydrogen-bond donors (Lipinski definition) is 4. The van der Waals surface area contributed by atoms with Crippen LogP contribution in [-0.4, -0.2) is 47.4 Å². The second kappa shape index (κ2) is 10.2. The van der Waals surface area contributed by atoms with E-state index in [2.05, 4.69) is 22.8 Å². The number of anilines is 1. The van der Waals surface area contributed by atoms with E-state index in [0.717, 1.165) is 22.3 Å². The van der Waals surface area contributed by atoms with Gasteiger partial charge in [0.15, 0.2) is 6.10 Å². The fraction of sp³-hybridized carbons (Fsp3) is 0.160. The molecule has 0 aromatic heterocycles. The van der Waals surface area contributed by atoms with Crippen LogP contribution in [0, 0.1) is 3.57 Å². The van der Waals surface area contributed by atoms with Crippen molar-refractivity contribution in [3.8, 4) is 11.1 Å². The summed E-state index contributed by atoms with van der Waals surface area (Å²) in [5, 5.41) is 23.0. The van der Waals surface area contributed by atoms with Crippen molar-refractivity contribution in [3.63, 3.8) is 0 Å². The molecule has 0 heterocycles. The zero-order valence-corrected chi connectivity index (χ0v) is 20.0. The van der Waals surface area contributed by atoms with Crippen molar-refractivity contribution in [2.75, 3.05) is 18.5 Å². The van der Waals surface area contributed by atoms with Crippen molar-refractivity contribution in [3.05, 3.63) is 87.0 Å². The Labute approximate surface area is 209 Å². The molecule has 2 amide bonds. The minimum atomic E-state index is -1.68. The largest absolute Gasteiger partial charge is 0.479 e. The van der Waals surface area contributed by atoms with E-state index in [9.17, 15) is 19.5 Å². The number of aliphatic carboxylic acids is 1. The molecule has 8 nitrogen and oxygen atoms in total. The van der Waals surface area contributed by atoms with E-state index >= 15 is 0 Å². The Morgan fingerprint density at radius 1 is 0.971 bits per heavy atom. The van der Waals surface area contributed by atoms with Crippen molar-refractivity contribution in [2.24, 2.45) is 0 Å². The van der Waals surface area contributed by atoms with Crippen molar-refractivity contribution < 1.29 is 29.3 Å². The van der Waals surface area contributed by atoms with Crippen LogP contribution in [0.25, 0.3) is 11.1 Å². The monoisotopic (exact) mass is 572 g/mol. The number of amides is 2. The van der Waals surface area contributed by atoms with Gasteiger partial charge in [-0.15, -0.1) is 0 Å². The average molecular weight is 572 g/mol. The van der Waals surface area contributed by atoms with Crippen molar-refractivity contribution in [2.45, 2.75) is 12.0 Å². The number of carboxylic acid groups (broad SMARTS) is 1. The summed E-state index contributed by atoms with van der Waals surface area (Å²) in [6, 6.07) is 20.7. The number of hydrogen-bond acceptors (Lipinski definition) is 5. The van der Waals surface area contributed by atoms with Gasteiger partial charge in [-0.05, 0) is 63.0 Å². The van der Waals surface area contributed by atoms with Crippen LogP contribution in [0.1, 0.15) is 27.4 Å². The van der Waals surface area contributed by atoms with Crippen molar-refractivity contribution in [1.82, 2.24) is 5.32 Å². The number of carbonyl (C=O) groups is 3. The number of aliphatic hydroxyl groups is 1. The van der Waals surface area contributed by atoms with Gasteiger partial charge in [0.1, 0.15) is 6.61 Å². The Kier molecular flexibility index (Phi) is 7.13. The summed E-state index contributed by atoms with van der Waals surface area (Å²) in [7, 11) is 0. The fourth-order valence-corrected chi connectivity index (χ4v) is 4.53. The van der Waals surface area contributed by atoms with E-state index in [1.807, 2.05) is 59.0 Å². The Bertz CT molecular complexity index is 1220. The summed E-state index contributed by atoms with van der Waals surface area (Å²) in [6.45, 7) is -0.229. The third kappa shape index (κ3) is 5.05. The summed E-state index contributed by atoms with van der Waals surface area (Å²) in [5.74, 6) is -2.01. The first-order valence-corrected chi connectivity index (χ1v) is 11.5. The Morgan fingerprint density at radius 2 is 1.59 bits per heavy atom. The average Bonchev–Trinajstić information content (AvgIpc) is 3.16. The number of carboxylic acids is 1. The van der Waals surface area contributed by atoms with Crippen LogP contribution in [0.3, 0.4) is 0 Å². The molecule has 4 rings (SSSR count). The molecule has 4 N–H and O–H groups in total. The third-order valence-electron chi connectivity index (χ3n) is 5.55. The van der Waals surface area contributed by atoms with E-state index in [1.165, 1.54) is 6.07 Å². The highest BCUT2D eigenvalue weighted by Crippen LogP contribution is 2.44. The molecule has 0 fully saturated rings. The van der Waals surface area contributed by atoms with Gasteiger partial charge >= 0.3 is 12.1 Å². The van der Waals surface area contributed by atoms with Gasteiger partial charge in [-0.1, -0.05) is 48.5 Å². The van der Waals surface area contributed by atoms with Gasteiger partial charge in [-0.3, -0.25) is 10.1 Å². The molecule has 0 radical (unpaired) electrons. The molecule has 34 heavy (non-hydrogen) atoms. The number of rotatable bonds is 7. The van der Waals surface area contributed by atoms with E-state index < -0.39 is 30.6 Å². The standard InChI is InChI=1S/C25H21IN2O6/c26-20-11-14(23(30)27-12-22(29)24(31)32)9-10-21(20)28-25(33)34-13-19-17-7-3-1-5-15(17)16-6-2-4-8-18(16)19/h1-11,19,22,29H,12-13H2,(H,27,30)(H,28,33)(H,31,32). The summed E-state index contributed by atoms with van der Waals surface area (Å²) in [5.41, 5.74) is 5.27. The van der Waals surface area contributed by atoms with Gasteiger partial charge in [0, 0.05) is 15.1 Å². The van der Waals surface area contributed by atoms with Crippen molar-refractivity contribution >= 4 is 46.2 Å². The number of aliphatic hydroxyl groups excluding tert-OH is 1. The van der Waals surface area contributed by atoms with Gasteiger partial charge in [0.2, 0.25) is 0 Å². The topological polar surface area (TPSA) is 125 Å². The SMILES string of the molecule is O=C(Nc1ccc(C(=O)NCC(O)C(=O)O)cc1I)OCC1c2ccccc2-c2ccccc21. The second-order valence-corrected chi connectivity index (χ2v) is 8.87. The van der Waals surface area contributed by atoms with Crippen molar-refractivity contribution in [1.29, 1.82) is 0 Å². The quantitative estimate of drug-likeness (QED) is 0.319. The first-order valence-electron chi connectivity index (χ1n) is 10.5. The Morgan fingerprint density at radius 3 is 2.18 bits per heavy atom. The molecule has 0 bridgehead atoms. The molecule has 174 valence electrons. The lowest BCUT2D eigenvalue weighted by Crippen LogP contribution is -2.36. The van der Waals surface area contributed by atoms with Gasteiger partial charge in [0.05, 0.1) is 12.2 Å². The normalized spacial score (nSPS) is 12.9. The third-order valence-corrected chi connectivity index (χ3v) is 6.45. The first kappa shape index (κ1) is 23.7. The number of halogens is 1. The van der Waals surface area contributed by atoms with Gasteiger partial charge in [0.25, 0.3) is 5.91 Å². The zero-order chi connectivity index (χ0) is 24.2. The summed E-state index contributed by atoms with van der Waals surface area (Å²) in [4.78, 5) is 35.3. The molecule has 3 aromatic carbocycles. The number of carbonyl (C=O) groups excluding carboxylic acids is 2. The molecule has 1 atom stereocenters. The molecular formula is C25H21IN2O6. The molecule has 9 heteroatoms. The Hall–Kier alpha value is -3.44. The highest BCUT2D eigenvalue weighted by Gasteiger charge is 2.29. The van der Waals surface area contributed by atoms with Crippen LogP contribution in [0.2, 0.25) is 0 Å². The van der Waals surface area contributed by atoms with E-state index in [-0.39, 0.29) is 18.1 Å². The maximum atomic E-state index is 12.5. The highest BCUT2D eigenvalue weighted by atomic mass is 127. The van der Waals surface area contributed by atoms with Crippen LogP contribution in [0.15, 0.2) is 66.7 Å². The summed E-state index contributed by atoms with van der Waals surface area (Å²) in [6.07, 6.45) is -2.29. The van der Waals surface area contributed by atoms with Crippen LogP contribution in [0.4, 0.5) is 10.5 Å². The summed E-state index contributed by atoms with van der Waals surface area (Å²) >= 11 is 1.98. The molecule has 1 unspecified atom stereocenters. The minimum absolute atomic E-state index is 0.0514. The molecule has 0 aliphatic heterocycles. The molecular weight excluding hydrogens is 551 g/mol. The first-order chi connectivity index (χ1) is 16.3. The Balaban J connectivity index is 1.37. The van der Waals surface area contributed by atoms with Crippen LogP contribution in [-0.2, 0) is 9.53 Å². The number of benzene rings is 3. The lowest BCUT2D eigenvalue weighted by Gasteiger charge is -2.15. The van der Waals surface area contributed by atoms with Crippen LogP contribution in [0.5, 0.6) is 0 Å². The molecule has 0 spiro atoms.